The zero-order valence-corrected chi connectivity index (χ0v) is 11.2. The third-order valence-corrected chi connectivity index (χ3v) is 3.27. The molecule has 1 aliphatic rings. The number of rotatable bonds is 4. The minimum atomic E-state index is -0.493. The van der Waals surface area contributed by atoms with Crippen LogP contribution in [0.15, 0.2) is 36.4 Å². The zero-order chi connectivity index (χ0) is 14.7. The number of benzene rings is 2. The lowest BCUT2D eigenvalue weighted by atomic mass is 10.1. The Morgan fingerprint density at radius 1 is 1.19 bits per heavy atom. The third-order valence-electron chi connectivity index (χ3n) is 3.27. The zero-order valence-electron chi connectivity index (χ0n) is 11.2. The van der Waals surface area contributed by atoms with Gasteiger partial charge in [-0.15, -0.1) is 0 Å². The quantitative estimate of drug-likeness (QED) is 0.938. The molecule has 0 aromatic heterocycles. The van der Waals surface area contributed by atoms with E-state index in [9.17, 15) is 4.39 Å². The number of hydrogen-bond acceptors (Lipinski definition) is 4. The molecule has 5 heteroatoms. The maximum Gasteiger partial charge on any atom is 0.231 e. The van der Waals surface area contributed by atoms with Gasteiger partial charge in [-0.1, -0.05) is 18.2 Å². The van der Waals surface area contributed by atoms with Crippen molar-refractivity contribution in [3.05, 3.63) is 58.9 Å². The van der Waals surface area contributed by atoms with Gasteiger partial charge in [-0.2, -0.15) is 5.26 Å². The van der Waals surface area contributed by atoms with Crippen molar-refractivity contribution in [2.24, 2.45) is 0 Å². The molecule has 0 aliphatic carbocycles. The maximum atomic E-state index is 13.2. The molecule has 2 aromatic rings. The van der Waals surface area contributed by atoms with Gasteiger partial charge in [0.05, 0.1) is 5.56 Å². The summed E-state index contributed by atoms with van der Waals surface area (Å²) in [5, 5.41) is 12.1. The summed E-state index contributed by atoms with van der Waals surface area (Å²) in [6, 6.07) is 12.1. The van der Waals surface area contributed by atoms with Crippen LogP contribution in [0.4, 0.5) is 4.39 Å². The molecule has 1 aliphatic heterocycles. The molecule has 2 aromatic carbocycles. The molecule has 4 nitrogen and oxygen atoms in total. The molecular weight excluding hydrogens is 271 g/mol. The van der Waals surface area contributed by atoms with Crippen molar-refractivity contribution >= 4 is 0 Å². The molecular formula is C16H13FN2O2. The number of nitriles is 1. The van der Waals surface area contributed by atoms with E-state index in [0.717, 1.165) is 22.6 Å². The highest BCUT2D eigenvalue weighted by molar-refractivity contribution is 5.48. The minimum Gasteiger partial charge on any atom is -0.454 e. The Bertz CT molecular complexity index is 710. The topological polar surface area (TPSA) is 54.3 Å². The van der Waals surface area contributed by atoms with E-state index in [1.165, 1.54) is 6.07 Å². The number of nitrogens with zero attached hydrogens (tertiary/aromatic N) is 1. The van der Waals surface area contributed by atoms with Gasteiger partial charge in [0, 0.05) is 18.7 Å². The standard InChI is InChI=1S/C16H13FN2O2/c17-14-5-4-11(6-13(14)7-18)8-19-9-12-2-1-3-15-16(12)21-10-20-15/h1-6,19H,8-10H2. The summed E-state index contributed by atoms with van der Waals surface area (Å²) in [4.78, 5) is 0. The highest BCUT2D eigenvalue weighted by Crippen LogP contribution is 2.35. The predicted octanol–water partition coefficient (Wildman–Crippen LogP) is 2.72. The fourth-order valence-electron chi connectivity index (χ4n) is 2.24. The second-order valence-electron chi connectivity index (χ2n) is 4.68. The molecule has 0 spiro atoms. The molecule has 1 N–H and O–H groups in total. The first-order valence-electron chi connectivity index (χ1n) is 6.54. The van der Waals surface area contributed by atoms with Crippen molar-refractivity contribution in [2.75, 3.05) is 6.79 Å². The summed E-state index contributed by atoms with van der Waals surface area (Å²) in [6.07, 6.45) is 0. The van der Waals surface area contributed by atoms with Crippen LogP contribution in [0.1, 0.15) is 16.7 Å². The van der Waals surface area contributed by atoms with E-state index < -0.39 is 5.82 Å². The van der Waals surface area contributed by atoms with E-state index in [2.05, 4.69) is 5.32 Å². The Morgan fingerprint density at radius 3 is 2.95 bits per heavy atom. The molecule has 0 unspecified atom stereocenters. The fraction of sp³-hybridized carbons (Fsp3) is 0.188. The van der Waals surface area contributed by atoms with Crippen molar-refractivity contribution in [3.8, 4) is 17.6 Å². The van der Waals surface area contributed by atoms with E-state index in [1.807, 2.05) is 24.3 Å². The lowest BCUT2D eigenvalue weighted by molar-refractivity contribution is 0.173. The van der Waals surface area contributed by atoms with Crippen LogP contribution >= 0.6 is 0 Å². The van der Waals surface area contributed by atoms with Crippen molar-refractivity contribution in [1.82, 2.24) is 5.32 Å². The first kappa shape index (κ1) is 13.4. The molecule has 0 saturated heterocycles. The summed E-state index contributed by atoms with van der Waals surface area (Å²) >= 11 is 0. The summed E-state index contributed by atoms with van der Waals surface area (Å²) in [5.74, 6) is 1.03. The van der Waals surface area contributed by atoms with Gasteiger partial charge in [0.2, 0.25) is 6.79 Å². The summed E-state index contributed by atoms with van der Waals surface area (Å²) in [6.45, 7) is 1.39. The smallest absolute Gasteiger partial charge is 0.231 e. The van der Waals surface area contributed by atoms with E-state index in [0.29, 0.717) is 13.1 Å². The molecule has 0 fully saturated rings. The van der Waals surface area contributed by atoms with Gasteiger partial charge in [0.1, 0.15) is 11.9 Å². The van der Waals surface area contributed by atoms with Crippen molar-refractivity contribution in [3.63, 3.8) is 0 Å². The lowest BCUT2D eigenvalue weighted by Crippen LogP contribution is -2.13. The van der Waals surface area contributed by atoms with Crippen LogP contribution in [0.25, 0.3) is 0 Å². The van der Waals surface area contributed by atoms with Crippen LogP contribution in [0.3, 0.4) is 0 Å². The van der Waals surface area contributed by atoms with Crippen molar-refractivity contribution in [2.45, 2.75) is 13.1 Å². The van der Waals surface area contributed by atoms with Gasteiger partial charge in [0.25, 0.3) is 0 Å². The maximum absolute atomic E-state index is 13.2. The van der Waals surface area contributed by atoms with E-state index >= 15 is 0 Å². The van der Waals surface area contributed by atoms with Crippen LogP contribution in [-0.2, 0) is 13.1 Å². The van der Waals surface area contributed by atoms with E-state index in [4.69, 9.17) is 14.7 Å². The fourth-order valence-corrected chi connectivity index (χ4v) is 2.24. The molecule has 3 rings (SSSR count). The molecule has 106 valence electrons. The van der Waals surface area contributed by atoms with Crippen LogP contribution in [0.5, 0.6) is 11.5 Å². The first-order chi connectivity index (χ1) is 10.3. The second-order valence-corrected chi connectivity index (χ2v) is 4.68. The summed E-state index contributed by atoms with van der Waals surface area (Å²) in [5.41, 5.74) is 1.93. The minimum absolute atomic E-state index is 0.0617. The number of ether oxygens (including phenoxy) is 2. The van der Waals surface area contributed by atoms with Gasteiger partial charge < -0.3 is 14.8 Å². The monoisotopic (exact) mass is 284 g/mol. The molecule has 0 bridgehead atoms. The molecule has 0 saturated carbocycles. The van der Waals surface area contributed by atoms with Crippen LogP contribution in [0.2, 0.25) is 0 Å². The second kappa shape index (κ2) is 5.81. The average molecular weight is 284 g/mol. The largest absolute Gasteiger partial charge is 0.454 e. The molecule has 0 amide bonds. The van der Waals surface area contributed by atoms with Crippen LogP contribution in [-0.4, -0.2) is 6.79 Å². The van der Waals surface area contributed by atoms with Crippen LogP contribution in [0, 0.1) is 17.1 Å². The van der Waals surface area contributed by atoms with Crippen molar-refractivity contribution < 1.29 is 13.9 Å². The highest BCUT2D eigenvalue weighted by atomic mass is 19.1. The van der Waals surface area contributed by atoms with Gasteiger partial charge in [-0.05, 0) is 23.8 Å². The van der Waals surface area contributed by atoms with Crippen LogP contribution < -0.4 is 14.8 Å². The summed E-state index contributed by atoms with van der Waals surface area (Å²) < 4.78 is 24.0. The van der Waals surface area contributed by atoms with E-state index in [-0.39, 0.29) is 12.4 Å². The Balaban J connectivity index is 1.65. The number of para-hydroxylation sites is 1. The number of fused-ring (bicyclic) bond motifs is 1. The molecule has 1 heterocycles. The third kappa shape index (κ3) is 2.81. The highest BCUT2D eigenvalue weighted by Gasteiger charge is 2.16. The molecule has 0 atom stereocenters. The SMILES string of the molecule is N#Cc1cc(CNCc2cccc3c2OCO3)ccc1F. The molecule has 21 heavy (non-hydrogen) atoms. The Morgan fingerprint density at radius 2 is 2.10 bits per heavy atom. The normalized spacial score (nSPS) is 12.2. The first-order valence-corrected chi connectivity index (χ1v) is 6.54. The Kier molecular flexibility index (Phi) is 3.71. The predicted molar refractivity (Wildman–Crippen MR) is 74.2 cm³/mol. The van der Waals surface area contributed by atoms with Crippen molar-refractivity contribution in [1.29, 1.82) is 5.26 Å². The van der Waals surface area contributed by atoms with Gasteiger partial charge in [-0.25, -0.2) is 4.39 Å². The average Bonchev–Trinajstić information content (AvgIpc) is 2.98. The Hall–Kier alpha value is -2.58. The van der Waals surface area contributed by atoms with Gasteiger partial charge in [0.15, 0.2) is 11.5 Å². The van der Waals surface area contributed by atoms with Gasteiger partial charge >= 0.3 is 0 Å². The number of hydrogen-bond donors (Lipinski definition) is 1. The Labute approximate surface area is 121 Å². The van der Waals surface area contributed by atoms with Gasteiger partial charge in [-0.3, -0.25) is 0 Å². The molecule has 0 radical (unpaired) electrons. The van der Waals surface area contributed by atoms with E-state index in [1.54, 1.807) is 12.1 Å². The lowest BCUT2D eigenvalue weighted by Gasteiger charge is -2.08. The summed E-state index contributed by atoms with van der Waals surface area (Å²) in [7, 11) is 0. The number of nitrogens with one attached hydrogen (secondary N) is 1. The number of halogens is 1.